The first-order chi connectivity index (χ1) is 20.0. The summed E-state index contributed by atoms with van der Waals surface area (Å²) in [5, 5.41) is 5.19. The molecule has 206 valence electrons. The summed E-state index contributed by atoms with van der Waals surface area (Å²) in [6.07, 6.45) is 9.90. The molecule has 0 saturated carbocycles. The predicted octanol–water partition coefficient (Wildman–Crippen LogP) is 5.54. The van der Waals surface area contributed by atoms with Crippen molar-refractivity contribution >= 4 is 21.9 Å². The summed E-state index contributed by atoms with van der Waals surface area (Å²) in [6, 6.07) is 18.9. The Labute approximate surface area is 238 Å². The van der Waals surface area contributed by atoms with Gasteiger partial charge in [-0.1, -0.05) is 31.2 Å². The number of aromatic nitrogens is 6. The molecule has 1 fully saturated rings. The van der Waals surface area contributed by atoms with Crippen molar-refractivity contribution in [1.82, 2.24) is 33.8 Å². The van der Waals surface area contributed by atoms with Gasteiger partial charge in [0.1, 0.15) is 0 Å². The number of imidazole rings is 1. The van der Waals surface area contributed by atoms with Crippen molar-refractivity contribution in [1.29, 1.82) is 0 Å². The lowest BCUT2D eigenvalue weighted by atomic mass is 9.90. The molecule has 2 aromatic carbocycles. The van der Waals surface area contributed by atoms with Crippen LogP contribution >= 0.6 is 0 Å². The first-order valence-electron chi connectivity index (χ1n) is 14.3. The number of likely N-dealkylation sites (tertiary alicyclic amines) is 1. The summed E-state index contributed by atoms with van der Waals surface area (Å²) in [5.74, 6) is 0.535. The van der Waals surface area contributed by atoms with Gasteiger partial charge >= 0.3 is 5.69 Å². The maximum atomic E-state index is 13.6. The molecule has 0 amide bonds. The molecule has 8 heteroatoms. The zero-order valence-electron chi connectivity index (χ0n) is 23.7. The summed E-state index contributed by atoms with van der Waals surface area (Å²) in [6.45, 7) is 5.61. The SMILES string of the molecule is CCN1CCCC(c2ccc(-n3c(=O)n(C)c4cnc5ccc(-c6ccc(-c7cnn(C)c7)nc6)cc5c43)cc2)C1. The molecule has 0 radical (unpaired) electrons. The molecule has 1 saturated heterocycles. The van der Waals surface area contributed by atoms with Gasteiger partial charge in [0, 0.05) is 49.5 Å². The highest BCUT2D eigenvalue weighted by atomic mass is 16.1. The third-order valence-electron chi connectivity index (χ3n) is 8.56. The van der Waals surface area contributed by atoms with E-state index < -0.39 is 0 Å². The van der Waals surface area contributed by atoms with Crippen LogP contribution in [-0.2, 0) is 14.1 Å². The number of hydrogen-bond donors (Lipinski definition) is 0. The van der Waals surface area contributed by atoms with E-state index in [0.29, 0.717) is 5.92 Å². The average Bonchev–Trinajstić information content (AvgIpc) is 3.57. The fourth-order valence-electron chi connectivity index (χ4n) is 6.22. The van der Waals surface area contributed by atoms with E-state index >= 15 is 0 Å². The van der Waals surface area contributed by atoms with Crippen LogP contribution in [0.4, 0.5) is 0 Å². The van der Waals surface area contributed by atoms with E-state index in [1.165, 1.54) is 24.9 Å². The molecule has 1 aliphatic rings. The Morgan fingerprint density at radius 1 is 0.902 bits per heavy atom. The lowest BCUT2D eigenvalue weighted by Gasteiger charge is -2.32. The monoisotopic (exact) mass is 543 g/mol. The second kappa shape index (κ2) is 10.1. The topological polar surface area (TPSA) is 73.8 Å². The van der Waals surface area contributed by atoms with E-state index in [9.17, 15) is 4.79 Å². The van der Waals surface area contributed by atoms with Crippen LogP contribution in [0.15, 0.2) is 84.2 Å². The molecular formula is C33H33N7O. The van der Waals surface area contributed by atoms with Crippen molar-refractivity contribution in [2.24, 2.45) is 14.1 Å². The van der Waals surface area contributed by atoms with E-state index in [0.717, 1.165) is 63.1 Å². The van der Waals surface area contributed by atoms with E-state index in [4.69, 9.17) is 4.98 Å². The summed E-state index contributed by atoms with van der Waals surface area (Å²) in [5.41, 5.74) is 8.53. The number of piperidine rings is 1. The molecule has 1 unspecified atom stereocenters. The number of likely N-dealkylation sites (N-methyl/N-ethyl adjacent to an activating group) is 1. The fraction of sp³-hybridized carbons (Fsp3) is 0.273. The first-order valence-corrected chi connectivity index (χ1v) is 14.3. The Morgan fingerprint density at radius 3 is 2.46 bits per heavy atom. The van der Waals surface area contributed by atoms with Crippen molar-refractivity contribution in [3.05, 3.63) is 95.4 Å². The zero-order chi connectivity index (χ0) is 28.1. The second-order valence-electron chi connectivity index (χ2n) is 11.1. The van der Waals surface area contributed by atoms with Crippen LogP contribution in [0.2, 0.25) is 0 Å². The van der Waals surface area contributed by atoms with Crippen LogP contribution in [0.5, 0.6) is 0 Å². The molecule has 0 spiro atoms. The molecular weight excluding hydrogens is 510 g/mol. The number of hydrogen-bond acceptors (Lipinski definition) is 5. The molecule has 4 aromatic heterocycles. The largest absolute Gasteiger partial charge is 0.333 e. The number of nitrogens with zero attached hydrogens (tertiary/aromatic N) is 7. The van der Waals surface area contributed by atoms with Gasteiger partial charge in [0.05, 0.1) is 40.3 Å². The lowest BCUT2D eigenvalue weighted by Crippen LogP contribution is -2.34. The molecule has 0 bridgehead atoms. The van der Waals surface area contributed by atoms with Crippen LogP contribution in [0.25, 0.3) is 50.0 Å². The Morgan fingerprint density at radius 2 is 1.73 bits per heavy atom. The third kappa shape index (κ3) is 4.44. The van der Waals surface area contributed by atoms with Crippen molar-refractivity contribution < 1.29 is 0 Å². The van der Waals surface area contributed by atoms with Crippen LogP contribution < -0.4 is 5.69 Å². The van der Waals surface area contributed by atoms with Crippen molar-refractivity contribution in [2.75, 3.05) is 19.6 Å². The number of rotatable bonds is 5. The second-order valence-corrected chi connectivity index (χ2v) is 11.1. The van der Waals surface area contributed by atoms with Gasteiger partial charge in [-0.3, -0.25) is 23.8 Å². The third-order valence-corrected chi connectivity index (χ3v) is 8.56. The minimum absolute atomic E-state index is 0.0789. The van der Waals surface area contributed by atoms with Gasteiger partial charge in [-0.15, -0.1) is 0 Å². The van der Waals surface area contributed by atoms with Gasteiger partial charge in [0.2, 0.25) is 0 Å². The maximum absolute atomic E-state index is 13.6. The molecule has 1 aliphatic heterocycles. The Hall–Kier alpha value is -4.56. The van der Waals surface area contributed by atoms with Gasteiger partial charge in [0.25, 0.3) is 0 Å². The Kier molecular flexibility index (Phi) is 6.27. The van der Waals surface area contributed by atoms with Gasteiger partial charge in [0.15, 0.2) is 0 Å². The van der Waals surface area contributed by atoms with Gasteiger partial charge in [-0.05, 0) is 73.3 Å². The fourth-order valence-corrected chi connectivity index (χ4v) is 6.22. The first kappa shape index (κ1) is 25.4. The molecule has 0 N–H and O–H groups in total. The molecule has 8 nitrogen and oxygen atoms in total. The van der Waals surface area contributed by atoms with Crippen LogP contribution in [0, 0.1) is 0 Å². The van der Waals surface area contributed by atoms with Gasteiger partial charge in [-0.25, -0.2) is 4.79 Å². The van der Waals surface area contributed by atoms with E-state index in [-0.39, 0.29) is 5.69 Å². The van der Waals surface area contributed by atoms with Gasteiger partial charge < -0.3 is 4.90 Å². The highest BCUT2D eigenvalue weighted by Gasteiger charge is 2.21. The predicted molar refractivity (Wildman–Crippen MR) is 163 cm³/mol. The molecule has 6 aromatic rings. The Balaban J connectivity index is 1.30. The summed E-state index contributed by atoms with van der Waals surface area (Å²) >= 11 is 0. The van der Waals surface area contributed by atoms with Crippen molar-refractivity contribution in [3.63, 3.8) is 0 Å². The van der Waals surface area contributed by atoms with Crippen LogP contribution in [-0.4, -0.2) is 53.4 Å². The molecule has 41 heavy (non-hydrogen) atoms. The number of aryl methyl sites for hydroxylation is 2. The zero-order valence-corrected chi connectivity index (χ0v) is 23.7. The van der Waals surface area contributed by atoms with Crippen LogP contribution in [0.3, 0.4) is 0 Å². The molecule has 0 aliphatic carbocycles. The normalized spacial score (nSPS) is 16.1. The summed E-state index contributed by atoms with van der Waals surface area (Å²) in [4.78, 5) is 25.5. The lowest BCUT2D eigenvalue weighted by molar-refractivity contribution is 0.218. The number of benzene rings is 2. The van der Waals surface area contributed by atoms with E-state index in [2.05, 4.69) is 64.4 Å². The minimum atomic E-state index is -0.0789. The van der Waals surface area contributed by atoms with E-state index in [1.807, 2.05) is 49.4 Å². The highest BCUT2D eigenvalue weighted by molar-refractivity contribution is 6.04. The number of fused-ring (bicyclic) bond motifs is 3. The standard InChI is InChI=1S/C33H33N7O/c1-4-39-15-5-6-25(21-39)22-7-11-27(12-8-22)40-32-28-16-23(9-14-30(28)35-19-31(32)38(3)33(40)41)24-10-13-29(34-17-24)26-18-36-37(2)20-26/h7-14,16-20,25H,4-6,15,21H2,1-3H3. The maximum Gasteiger partial charge on any atom is 0.333 e. The average molecular weight is 544 g/mol. The summed E-state index contributed by atoms with van der Waals surface area (Å²) in [7, 11) is 3.71. The van der Waals surface area contributed by atoms with Crippen LogP contribution in [0.1, 0.15) is 31.2 Å². The molecule has 1 atom stereocenters. The van der Waals surface area contributed by atoms with E-state index in [1.54, 1.807) is 15.4 Å². The number of pyridine rings is 2. The minimum Gasteiger partial charge on any atom is -0.303 e. The molecule has 5 heterocycles. The van der Waals surface area contributed by atoms with Crippen molar-refractivity contribution in [2.45, 2.75) is 25.7 Å². The Bertz CT molecular complexity index is 1930. The smallest absolute Gasteiger partial charge is 0.303 e. The van der Waals surface area contributed by atoms with Crippen molar-refractivity contribution in [3.8, 4) is 28.1 Å². The molecule has 7 rings (SSSR count). The summed E-state index contributed by atoms with van der Waals surface area (Å²) < 4.78 is 5.29. The highest BCUT2D eigenvalue weighted by Crippen LogP contribution is 2.32. The quantitative estimate of drug-likeness (QED) is 0.286. The van der Waals surface area contributed by atoms with Gasteiger partial charge in [-0.2, -0.15) is 5.10 Å².